The molecule has 1 N–H and O–H groups in total. The Kier molecular flexibility index (Phi) is 4.32. The molecule has 0 unspecified atom stereocenters. The number of rotatable bonds is 4. The fourth-order valence-corrected chi connectivity index (χ4v) is 4.17. The van der Waals surface area contributed by atoms with E-state index in [-0.39, 0.29) is 6.10 Å². The minimum Gasteiger partial charge on any atom is -0.488 e. The summed E-state index contributed by atoms with van der Waals surface area (Å²) in [4.78, 5) is 0. The first-order valence-electron chi connectivity index (χ1n) is 9.55. The van der Waals surface area contributed by atoms with Gasteiger partial charge in [-0.2, -0.15) is 0 Å². The maximum Gasteiger partial charge on any atom is 0.202 e. The molecule has 1 fully saturated rings. The summed E-state index contributed by atoms with van der Waals surface area (Å²) in [5, 5.41) is 6.13. The van der Waals surface area contributed by atoms with Gasteiger partial charge < -0.3 is 19.5 Å². The fourth-order valence-electron chi connectivity index (χ4n) is 4.17. The predicted molar refractivity (Wildman–Crippen MR) is 105 cm³/mol. The predicted octanol–water partition coefficient (Wildman–Crippen LogP) is 3.98. The molecule has 1 atom stereocenters. The van der Waals surface area contributed by atoms with E-state index in [9.17, 15) is 0 Å². The molecule has 0 aliphatic carbocycles. The van der Waals surface area contributed by atoms with Crippen LogP contribution in [0.5, 0.6) is 5.75 Å². The Hall–Kier alpha value is -2.40. The van der Waals surface area contributed by atoms with E-state index in [0.717, 1.165) is 24.4 Å². The highest BCUT2D eigenvalue weighted by Crippen LogP contribution is 2.44. The van der Waals surface area contributed by atoms with Crippen molar-refractivity contribution in [3.05, 3.63) is 77.9 Å². The Morgan fingerprint density at radius 2 is 1.67 bits per heavy atom. The van der Waals surface area contributed by atoms with Gasteiger partial charge in [0, 0.05) is 19.5 Å². The van der Waals surface area contributed by atoms with Crippen LogP contribution in [0.2, 0.25) is 0 Å². The minimum absolute atomic E-state index is 0.00739. The molecule has 2 heterocycles. The van der Waals surface area contributed by atoms with Crippen LogP contribution in [-0.4, -0.2) is 25.9 Å². The molecule has 5 rings (SSSR count). The maximum atomic E-state index is 6.22. The Morgan fingerprint density at radius 1 is 0.889 bits per heavy atom. The van der Waals surface area contributed by atoms with Crippen LogP contribution in [0.15, 0.2) is 66.7 Å². The van der Waals surface area contributed by atoms with Crippen LogP contribution < -0.4 is 10.1 Å². The quantitative estimate of drug-likeness (QED) is 0.763. The molecule has 1 spiro atoms. The molecular weight excluding hydrogens is 338 g/mol. The van der Waals surface area contributed by atoms with Crippen LogP contribution in [0, 0.1) is 0 Å². The van der Waals surface area contributed by atoms with Crippen LogP contribution in [0.1, 0.15) is 17.5 Å². The van der Waals surface area contributed by atoms with Gasteiger partial charge in [-0.05, 0) is 28.5 Å². The highest BCUT2D eigenvalue weighted by atomic mass is 16.7. The Labute approximate surface area is 159 Å². The third kappa shape index (κ3) is 3.10. The summed E-state index contributed by atoms with van der Waals surface area (Å²) in [7, 11) is 0. The van der Waals surface area contributed by atoms with Gasteiger partial charge in [-0.25, -0.2) is 0 Å². The lowest BCUT2D eigenvalue weighted by Crippen LogP contribution is -2.43. The lowest BCUT2D eigenvalue weighted by molar-refractivity contribution is -0.194. The first kappa shape index (κ1) is 16.8. The molecule has 4 nitrogen and oxygen atoms in total. The van der Waals surface area contributed by atoms with Gasteiger partial charge in [0.2, 0.25) is 5.79 Å². The summed E-state index contributed by atoms with van der Waals surface area (Å²) < 4.78 is 18.3. The molecule has 3 aromatic rings. The molecule has 0 aromatic heterocycles. The minimum atomic E-state index is -0.652. The standard InChI is InChI=1S/C23H23NO3/c1-2-9-20-17(6-1)7-5-8-18(20)15-24-16-19-14-23(25-12-13-26-23)21-10-3-4-11-22(21)27-19/h1-11,19,24H,12-16H2/t19-/m1/s1. The zero-order valence-corrected chi connectivity index (χ0v) is 15.2. The number of nitrogens with one attached hydrogen (secondary N) is 1. The van der Waals surface area contributed by atoms with E-state index in [1.807, 2.05) is 24.3 Å². The van der Waals surface area contributed by atoms with E-state index in [1.54, 1.807) is 0 Å². The second-order valence-corrected chi connectivity index (χ2v) is 7.16. The normalized spacial score (nSPS) is 20.5. The third-order valence-corrected chi connectivity index (χ3v) is 5.41. The monoisotopic (exact) mass is 361 g/mol. The molecule has 138 valence electrons. The number of hydrogen-bond donors (Lipinski definition) is 1. The van der Waals surface area contributed by atoms with E-state index < -0.39 is 5.79 Å². The molecule has 1 saturated heterocycles. The van der Waals surface area contributed by atoms with Crippen LogP contribution in [0.25, 0.3) is 10.8 Å². The second kappa shape index (κ2) is 6.97. The average Bonchev–Trinajstić information content (AvgIpc) is 3.17. The molecule has 0 saturated carbocycles. The summed E-state index contributed by atoms with van der Waals surface area (Å²) >= 11 is 0. The zero-order chi connectivity index (χ0) is 18.1. The summed E-state index contributed by atoms with van der Waals surface area (Å²) in [5.41, 5.74) is 2.31. The maximum absolute atomic E-state index is 6.22. The number of para-hydroxylation sites is 1. The largest absolute Gasteiger partial charge is 0.488 e. The summed E-state index contributed by atoms with van der Waals surface area (Å²) in [5.74, 6) is 0.211. The zero-order valence-electron chi connectivity index (χ0n) is 15.2. The van der Waals surface area contributed by atoms with E-state index in [1.165, 1.54) is 16.3 Å². The number of fused-ring (bicyclic) bond motifs is 3. The van der Waals surface area contributed by atoms with Crippen LogP contribution >= 0.6 is 0 Å². The van der Waals surface area contributed by atoms with Gasteiger partial charge in [0.05, 0.1) is 18.8 Å². The van der Waals surface area contributed by atoms with Crippen molar-refractivity contribution in [2.45, 2.75) is 24.9 Å². The SMILES string of the molecule is c1ccc2c(c1)O[C@@H](CNCc1cccc3ccccc13)CC21OCCO1. The molecule has 0 radical (unpaired) electrons. The lowest BCUT2D eigenvalue weighted by Gasteiger charge is -2.38. The Balaban J connectivity index is 1.30. The third-order valence-electron chi connectivity index (χ3n) is 5.41. The highest BCUT2D eigenvalue weighted by Gasteiger charge is 2.46. The molecule has 0 amide bonds. The van der Waals surface area contributed by atoms with Crippen molar-refractivity contribution in [3.63, 3.8) is 0 Å². The van der Waals surface area contributed by atoms with Crippen molar-refractivity contribution >= 4 is 10.8 Å². The van der Waals surface area contributed by atoms with Gasteiger partial charge >= 0.3 is 0 Å². The topological polar surface area (TPSA) is 39.7 Å². The first-order valence-corrected chi connectivity index (χ1v) is 9.55. The van der Waals surface area contributed by atoms with Gasteiger partial charge in [-0.1, -0.05) is 54.6 Å². The van der Waals surface area contributed by atoms with Crippen LogP contribution in [0.4, 0.5) is 0 Å². The van der Waals surface area contributed by atoms with Gasteiger partial charge in [-0.15, -0.1) is 0 Å². The molecule has 0 bridgehead atoms. The van der Waals surface area contributed by atoms with Gasteiger partial charge in [0.1, 0.15) is 11.9 Å². The molecule has 2 aliphatic rings. The Morgan fingerprint density at radius 3 is 2.59 bits per heavy atom. The highest BCUT2D eigenvalue weighted by molar-refractivity contribution is 5.85. The van der Waals surface area contributed by atoms with E-state index in [0.29, 0.717) is 19.6 Å². The summed E-state index contributed by atoms with van der Waals surface area (Å²) in [6.07, 6.45) is 0.708. The summed E-state index contributed by atoms with van der Waals surface area (Å²) in [6.45, 7) is 2.80. The second-order valence-electron chi connectivity index (χ2n) is 7.16. The molecule has 27 heavy (non-hydrogen) atoms. The number of benzene rings is 3. The van der Waals surface area contributed by atoms with Gasteiger partial charge in [0.25, 0.3) is 0 Å². The fraction of sp³-hybridized carbons (Fsp3) is 0.304. The number of ether oxygens (including phenoxy) is 3. The van der Waals surface area contributed by atoms with E-state index in [4.69, 9.17) is 14.2 Å². The molecule has 3 aromatic carbocycles. The average molecular weight is 361 g/mol. The summed E-state index contributed by atoms with van der Waals surface area (Å²) in [6, 6.07) is 23.0. The van der Waals surface area contributed by atoms with Crippen molar-refractivity contribution < 1.29 is 14.2 Å². The smallest absolute Gasteiger partial charge is 0.202 e. The van der Waals surface area contributed by atoms with E-state index in [2.05, 4.69) is 47.8 Å². The lowest BCUT2D eigenvalue weighted by atomic mass is 9.95. The molecule has 2 aliphatic heterocycles. The van der Waals surface area contributed by atoms with Crippen molar-refractivity contribution in [3.8, 4) is 5.75 Å². The first-order chi connectivity index (χ1) is 13.3. The van der Waals surface area contributed by atoms with Crippen LogP contribution in [0.3, 0.4) is 0 Å². The van der Waals surface area contributed by atoms with Gasteiger partial charge in [-0.3, -0.25) is 0 Å². The Bertz CT molecular complexity index is 944. The van der Waals surface area contributed by atoms with E-state index >= 15 is 0 Å². The van der Waals surface area contributed by atoms with Gasteiger partial charge in [0.15, 0.2) is 0 Å². The van der Waals surface area contributed by atoms with Crippen molar-refractivity contribution in [2.24, 2.45) is 0 Å². The van der Waals surface area contributed by atoms with Crippen molar-refractivity contribution in [2.75, 3.05) is 19.8 Å². The van der Waals surface area contributed by atoms with Crippen molar-refractivity contribution in [1.29, 1.82) is 0 Å². The molecule has 4 heteroatoms. The van der Waals surface area contributed by atoms with Crippen molar-refractivity contribution in [1.82, 2.24) is 5.32 Å². The molecular formula is C23H23NO3. The van der Waals surface area contributed by atoms with Crippen LogP contribution in [-0.2, 0) is 21.8 Å². The number of hydrogen-bond acceptors (Lipinski definition) is 4.